The summed E-state index contributed by atoms with van der Waals surface area (Å²) in [6, 6.07) is 8.82. The Morgan fingerprint density at radius 2 is 2.04 bits per heavy atom. The van der Waals surface area contributed by atoms with Gasteiger partial charge in [0.2, 0.25) is 11.0 Å². The van der Waals surface area contributed by atoms with Gasteiger partial charge in [-0.2, -0.15) is 0 Å². The highest BCUT2D eigenvalue weighted by atomic mass is 79.9. The predicted molar refractivity (Wildman–Crippen MR) is 108 cm³/mol. The van der Waals surface area contributed by atoms with Gasteiger partial charge >= 0.3 is 0 Å². The lowest BCUT2D eigenvalue weighted by atomic mass is 10.2. The molecule has 10 heteroatoms. The summed E-state index contributed by atoms with van der Waals surface area (Å²) in [5, 5.41) is 16.2. The largest absolute Gasteiger partial charge is 0.361 e. The van der Waals surface area contributed by atoms with Gasteiger partial charge in [0, 0.05) is 16.4 Å². The molecule has 8 nitrogen and oxygen atoms in total. The Balaban J connectivity index is 1.51. The van der Waals surface area contributed by atoms with E-state index in [0.29, 0.717) is 16.5 Å². The second-order valence-electron chi connectivity index (χ2n) is 5.50. The average Bonchev–Trinajstić information content (AvgIpc) is 3.16. The molecular weight excluding hydrogens is 432 g/mol. The van der Waals surface area contributed by atoms with Gasteiger partial charge in [0.15, 0.2) is 0 Å². The summed E-state index contributed by atoms with van der Waals surface area (Å²) in [5.41, 5.74) is 3.66. The van der Waals surface area contributed by atoms with Crippen molar-refractivity contribution in [2.24, 2.45) is 0 Å². The Kier molecular flexibility index (Phi) is 6.09. The molecule has 2 heterocycles. The molecule has 0 aliphatic rings. The molecule has 0 atom stereocenters. The molecule has 1 aromatic carbocycles. The topological polar surface area (TPSA) is 109 Å². The van der Waals surface area contributed by atoms with Gasteiger partial charge in [-0.15, -0.1) is 10.2 Å². The highest BCUT2D eigenvalue weighted by Gasteiger charge is 2.09. The molecule has 3 rings (SSSR count). The van der Waals surface area contributed by atoms with Gasteiger partial charge in [-0.05, 0) is 42.8 Å². The maximum Gasteiger partial charge on any atom is 0.259 e. The first kappa shape index (κ1) is 18.9. The van der Waals surface area contributed by atoms with E-state index in [0.717, 1.165) is 15.7 Å². The molecule has 0 bridgehead atoms. The van der Waals surface area contributed by atoms with E-state index in [-0.39, 0.29) is 18.4 Å². The third kappa shape index (κ3) is 5.31. The minimum absolute atomic E-state index is 0.0540. The monoisotopic (exact) mass is 446 g/mol. The van der Waals surface area contributed by atoms with Crippen LogP contribution in [0.15, 0.2) is 46.5 Å². The van der Waals surface area contributed by atoms with Crippen LogP contribution in [-0.4, -0.2) is 33.5 Å². The molecule has 3 N–H and O–H groups in total. The molecule has 0 aliphatic carbocycles. The van der Waals surface area contributed by atoms with Crippen molar-refractivity contribution in [2.45, 2.75) is 6.92 Å². The van der Waals surface area contributed by atoms with E-state index >= 15 is 0 Å². The minimum atomic E-state index is -0.325. The Morgan fingerprint density at radius 3 is 2.70 bits per heavy atom. The number of pyridine rings is 1. The van der Waals surface area contributed by atoms with Crippen molar-refractivity contribution in [1.29, 1.82) is 0 Å². The van der Waals surface area contributed by atoms with E-state index in [9.17, 15) is 9.59 Å². The van der Waals surface area contributed by atoms with E-state index in [1.807, 2.05) is 25.1 Å². The van der Waals surface area contributed by atoms with Crippen LogP contribution >= 0.6 is 27.3 Å². The summed E-state index contributed by atoms with van der Waals surface area (Å²) in [5.74, 6) is -0.0321. The molecule has 0 fully saturated rings. The Bertz CT molecular complexity index is 947. The summed E-state index contributed by atoms with van der Waals surface area (Å²) in [4.78, 5) is 28.2. The van der Waals surface area contributed by atoms with Crippen molar-refractivity contribution in [1.82, 2.24) is 15.2 Å². The van der Waals surface area contributed by atoms with Crippen LogP contribution in [0.5, 0.6) is 0 Å². The number of carbonyl (C=O) groups excluding carboxylic acids is 2. The van der Waals surface area contributed by atoms with Crippen molar-refractivity contribution >= 4 is 55.7 Å². The molecule has 138 valence electrons. The molecule has 27 heavy (non-hydrogen) atoms. The number of rotatable bonds is 6. The van der Waals surface area contributed by atoms with Crippen molar-refractivity contribution in [3.63, 3.8) is 0 Å². The number of hydrogen-bond acceptors (Lipinski definition) is 7. The maximum atomic E-state index is 12.0. The number of nitrogens with zero attached hydrogens (tertiary/aromatic N) is 3. The fourth-order valence-electron chi connectivity index (χ4n) is 2.13. The van der Waals surface area contributed by atoms with Crippen LogP contribution in [0.3, 0.4) is 0 Å². The smallest absolute Gasteiger partial charge is 0.259 e. The van der Waals surface area contributed by atoms with Crippen LogP contribution in [-0.2, 0) is 4.79 Å². The number of halogens is 1. The SMILES string of the molecule is Cc1cc(NC(=O)CNc2ccc(C(=O)Nc3nncs3)cn2)ccc1Br. The number of aromatic nitrogens is 3. The van der Waals surface area contributed by atoms with E-state index < -0.39 is 0 Å². The Labute approximate surface area is 167 Å². The van der Waals surface area contributed by atoms with Crippen LogP contribution < -0.4 is 16.0 Å². The van der Waals surface area contributed by atoms with E-state index in [4.69, 9.17) is 0 Å². The summed E-state index contributed by atoms with van der Waals surface area (Å²) in [6.45, 7) is 2.00. The zero-order valence-corrected chi connectivity index (χ0v) is 16.6. The number of hydrogen-bond donors (Lipinski definition) is 3. The van der Waals surface area contributed by atoms with E-state index in [1.54, 1.807) is 12.1 Å². The molecule has 0 aliphatic heterocycles. The van der Waals surface area contributed by atoms with Gasteiger partial charge in [-0.1, -0.05) is 27.3 Å². The molecular formula is C17H15BrN6O2S. The highest BCUT2D eigenvalue weighted by molar-refractivity contribution is 9.10. The Hall–Kier alpha value is -2.85. The first-order chi connectivity index (χ1) is 13.0. The average molecular weight is 447 g/mol. The minimum Gasteiger partial charge on any atom is -0.361 e. The third-order valence-electron chi connectivity index (χ3n) is 3.48. The number of carbonyl (C=O) groups is 2. The number of amides is 2. The number of aryl methyl sites for hydroxylation is 1. The van der Waals surface area contributed by atoms with Gasteiger partial charge in [-0.3, -0.25) is 14.9 Å². The molecule has 0 saturated heterocycles. The van der Waals surface area contributed by atoms with Crippen molar-refractivity contribution in [2.75, 3.05) is 22.5 Å². The zero-order chi connectivity index (χ0) is 19.2. The van der Waals surface area contributed by atoms with Gasteiger partial charge in [0.25, 0.3) is 5.91 Å². The summed E-state index contributed by atoms with van der Waals surface area (Å²) in [6.07, 6.45) is 1.43. The number of anilines is 3. The van der Waals surface area contributed by atoms with Crippen LogP contribution in [0, 0.1) is 6.92 Å². The predicted octanol–water partition coefficient (Wildman–Crippen LogP) is 3.31. The Morgan fingerprint density at radius 1 is 1.19 bits per heavy atom. The molecule has 0 spiro atoms. The first-order valence-corrected chi connectivity index (χ1v) is 9.52. The van der Waals surface area contributed by atoms with E-state index in [1.165, 1.54) is 23.0 Å². The molecule has 2 amide bonds. The molecule has 2 aromatic heterocycles. The van der Waals surface area contributed by atoms with Gasteiger partial charge in [0.05, 0.1) is 12.1 Å². The zero-order valence-electron chi connectivity index (χ0n) is 14.2. The lowest BCUT2D eigenvalue weighted by Crippen LogP contribution is -2.22. The molecule has 0 unspecified atom stereocenters. The van der Waals surface area contributed by atoms with Crippen LogP contribution in [0.4, 0.5) is 16.6 Å². The second kappa shape index (κ2) is 8.69. The second-order valence-corrected chi connectivity index (χ2v) is 7.18. The summed E-state index contributed by atoms with van der Waals surface area (Å²) in [7, 11) is 0. The fraction of sp³-hybridized carbons (Fsp3) is 0.118. The van der Waals surface area contributed by atoms with Crippen LogP contribution in [0.1, 0.15) is 15.9 Å². The van der Waals surface area contributed by atoms with Crippen molar-refractivity contribution in [3.8, 4) is 0 Å². The molecule has 0 radical (unpaired) electrons. The van der Waals surface area contributed by atoms with Gasteiger partial charge in [0.1, 0.15) is 11.3 Å². The van der Waals surface area contributed by atoms with E-state index in [2.05, 4.69) is 47.1 Å². The van der Waals surface area contributed by atoms with Crippen molar-refractivity contribution in [3.05, 3.63) is 57.6 Å². The maximum absolute atomic E-state index is 12.0. The number of nitrogens with one attached hydrogen (secondary N) is 3. The highest BCUT2D eigenvalue weighted by Crippen LogP contribution is 2.20. The molecule has 0 saturated carbocycles. The van der Waals surface area contributed by atoms with Gasteiger partial charge < -0.3 is 10.6 Å². The standard InChI is InChI=1S/C17H15BrN6O2S/c1-10-6-12(3-4-13(10)18)22-15(25)8-20-14-5-2-11(7-19-14)16(26)23-17-24-21-9-27-17/h2-7,9H,8H2,1H3,(H,19,20)(H,22,25)(H,23,24,26). The molecule has 3 aromatic rings. The van der Waals surface area contributed by atoms with Crippen LogP contribution in [0.2, 0.25) is 0 Å². The van der Waals surface area contributed by atoms with Crippen LogP contribution in [0.25, 0.3) is 0 Å². The summed E-state index contributed by atoms with van der Waals surface area (Å²) >= 11 is 4.65. The number of benzene rings is 1. The summed E-state index contributed by atoms with van der Waals surface area (Å²) < 4.78 is 0.984. The van der Waals surface area contributed by atoms with Gasteiger partial charge in [-0.25, -0.2) is 4.98 Å². The normalized spacial score (nSPS) is 10.3. The lowest BCUT2D eigenvalue weighted by Gasteiger charge is -2.09. The third-order valence-corrected chi connectivity index (χ3v) is 4.97. The first-order valence-electron chi connectivity index (χ1n) is 7.85. The quantitative estimate of drug-likeness (QED) is 0.535. The fourth-order valence-corrected chi connectivity index (χ4v) is 2.81. The van der Waals surface area contributed by atoms with Crippen molar-refractivity contribution < 1.29 is 9.59 Å². The lowest BCUT2D eigenvalue weighted by molar-refractivity contribution is -0.114.